The summed E-state index contributed by atoms with van der Waals surface area (Å²) in [7, 11) is 1.45. The summed E-state index contributed by atoms with van der Waals surface area (Å²) in [6.07, 6.45) is 0. The maximum atomic E-state index is 13.0. The Morgan fingerprint density at radius 2 is 2.23 bits per heavy atom. The fourth-order valence-corrected chi connectivity index (χ4v) is 1.07. The highest BCUT2D eigenvalue weighted by Gasteiger charge is 2.06. The number of alkyl halides is 1. The van der Waals surface area contributed by atoms with Gasteiger partial charge in [-0.3, -0.25) is 0 Å². The highest BCUT2D eigenvalue weighted by Crippen LogP contribution is 2.14. The summed E-state index contributed by atoms with van der Waals surface area (Å²) >= 11 is 0. The van der Waals surface area contributed by atoms with Crippen LogP contribution in [-0.4, -0.2) is 7.11 Å². The van der Waals surface area contributed by atoms with Crippen molar-refractivity contribution in [2.45, 2.75) is 13.2 Å². The van der Waals surface area contributed by atoms with Crippen LogP contribution in [0.5, 0.6) is 0 Å². The molecule has 2 nitrogen and oxygen atoms in total. The molecule has 0 saturated carbocycles. The number of hydroxylamine groups is 1. The molecule has 1 rings (SSSR count). The van der Waals surface area contributed by atoms with Crippen LogP contribution in [0.25, 0.3) is 0 Å². The van der Waals surface area contributed by atoms with Crippen LogP contribution in [-0.2, 0) is 18.1 Å². The molecule has 0 aromatic heterocycles. The maximum Gasteiger partial charge on any atom is 0.129 e. The number of nitrogens with one attached hydrogen (secondary N) is 1. The van der Waals surface area contributed by atoms with E-state index in [1.807, 2.05) is 0 Å². The van der Waals surface area contributed by atoms with E-state index in [0.717, 1.165) is 0 Å². The van der Waals surface area contributed by atoms with Gasteiger partial charge in [0.05, 0.1) is 7.11 Å². The van der Waals surface area contributed by atoms with Gasteiger partial charge in [-0.1, -0.05) is 12.1 Å². The van der Waals surface area contributed by atoms with Crippen LogP contribution in [0.3, 0.4) is 0 Å². The minimum absolute atomic E-state index is 0.0899. The lowest BCUT2D eigenvalue weighted by molar-refractivity contribution is 0.0863. The van der Waals surface area contributed by atoms with Gasteiger partial charge in [0.1, 0.15) is 12.5 Å². The van der Waals surface area contributed by atoms with Gasteiger partial charge in [-0.2, -0.15) is 5.48 Å². The standard InChI is InChI=1S/C9H11F2NO/c1-13-12-6-7-3-2-4-9(11)8(7)5-10/h2-4,12H,5-6H2,1H3. The van der Waals surface area contributed by atoms with Gasteiger partial charge in [-0.25, -0.2) is 8.78 Å². The Balaban J connectivity index is 2.85. The first-order valence-electron chi connectivity index (χ1n) is 3.87. The van der Waals surface area contributed by atoms with E-state index in [2.05, 4.69) is 10.3 Å². The largest absolute Gasteiger partial charge is 0.305 e. The summed E-state index contributed by atoms with van der Waals surface area (Å²) in [6.45, 7) is -0.499. The summed E-state index contributed by atoms with van der Waals surface area (Å²) < 4.78 is 25.3. The Morgan fingerprint density at radius 3 is 2.85 bits per heavy atom. The molecule has 0 bridgehead atoms. The quantitative estimate of drug-likeness (QED) is 0.727. The summed E-state index contributed by atoms with van der Waals surface area (Å²) in [5.41, 5.74) is 3.20. The van der Waals surface area contributed by atoms with Crippen LogP contribution in [0.15, 0.2) is 18.2 Å². The smallest absolute Gasteiger partial charge is 0.129 e. The maximum absolute atomic E-state index is 13.0. The molecule has 1 N–H and O–H groups in total. The van der Waals surface area contributed by atoms with Crippen molar-refractivity contribution in [2.24, 2.45) is 0 Å². The van der Waals surface area contributed by atoms with Crippen molar-refractivity contribution in [2.75, 3.05) is 7.11 Å². The number of hydrogen-bond acceptors (Lipinski definition) is 2. The Labute approximate surface area is 75.5 Å². The van der Waals surface area contributed by atoms with E-state index in [-0.39, 0.29) is 5.56 Å². The molecule has 0 amide bonds. The first-order valence-corrected chi connectivity index (χ1v) is 3.87. The molecule has 1 aromatic rings. The molecule has 0 heterocycles. The topological polar surface area (TPSA) is 21.3 Å². The van der Waals surface area contributed by atoms with Gasteiger partial charge in [0, 0.05) is 12.1 Å². The van der Waals surface area contributed by atoms with Gasteiger partial charge in [0.2, 0.25) is 0 Å². The van der Waals surface area contributed by atoms with Crippen molar-refractivity contribution in [3.8, 4) is 0 Å². The Morgan fingerprint density at radius 1 is 1.46 bits per heavy atom. The minimum atomic E-state index is -0.798. The summed E-state index contributed by atoms with van der Waals surface area (Å²) in [5.74, 6) is -0.516. The van der Waals surface area contributed by atoms with Crippen LogP contribution >= 0.6 is 0 Å². The lowest BCUT2D eigenvalue weighted by Gasteiger charge is -2.07. The summed E-state index contributed by atoms with van der Waals surface area (Å²) in [4.78, 5) is 4.59. The van der Waals surface area contributed by atoms with Crippen molar-refractivity contribution in [3.05, 3.63) is 35.1 Å². The summed E-state index contributed by atoms with van der Waals surface area (Å²) in [6, 6.07) is 4.44. The third-order valence-corrected chi connectivity index (χ3v) is 1.76. The molecule has 0 spiro atoms. The van der Waals surface area contributed by atoms with Crippen LogP contribution in [0.4, 0.5) is 8.78 Å². The third kappa shape index (κ3) is 2.47. The molecule has 0 fully saturated rings. The predicted octanol–water partition coefficient (Wildman–Crippen LogP) is 1.95. The summed E-state index contributed by atoms with van der Waals surface area (Å²) in [5, 5.41) is 0. The van der Waals surface area contributed by atoms with Crippen LogP contribution in [0, 0.1) is 5.82 Å². The molecule has 1 aromatic carbocycles. The SMILES string of the molecule is CONCc1cccc(F)c1CF. The Bertz CT molecular complexity index is 278. The number of halogens is 2. The van der Waals surface area contributed by atoms with E-state index in [9.17, 15) is 8.78 Å². The normalized spacial score (nSPS) is 10.4. The van der Waals surface area contributed by atoms with Crippen molar-refractivity contribution in [3.63, 3.8) is 0 Å². The second-order valence-electron chi connectivity index (χ2n) is 2.54. The molecule has 0 aliphatic rings. The average Bonchev–Trinajstić information content (AvgIpc) is 2.15. The fraction of sp³-hybridized carbons (Fsp3) is 0.333. The minimum Gasteiger partial charge on any atom is -0.305 e. The zero-order chi connectivity index (χ0) is 9.68. The van der Waals surface area contributed by atoms with E-state index in [1.54, 1.807) is 12.1 Å². The van der Waals surface area contributed by atoms with E-state index >= 15 is 0 Å². The van der Waals surface area contributed by atoms with E-state index < -0.39 is 12.5 Å². The van der Waals surface area contributed by atoms with Gasteiger partial charge in [-0.05, 0) is 11.6 Å². The highest BCUT2D eigenvalue weighted by atomic mass is 19.1. The van der Waals surface area contributed by atoms with E-state index in [4.69, 9.17) is 0 Å². The third-order valence-electron chi connectivity index (χ3n) is 1.76. The van der Waals surface area contributed by atoms with Crippen molar-refractivity contribution in [1.29, 1.82) is 0 Å². The highest BCUT2D eigenvalue weighted by molar-refractivity contribution is 5.27. The molecule has 13 heavy (non-hydrogen) atoms. The van der Waals surface area contributed by atoms with Crippen molar-refractivity contribution < 1.29 is 13.6 Å². The number of benzene rings is 1. The van der Waals surface area contributed by atoms with Gasteiger partial charge in [-0.15, -0.1) is 0 Å². The molecule has 0 aliphatic heterocycles. The van der Waals surface area contributed by atoms with Gasteiger partial charge >= 0.3 is 0 Å². The molecule has 0 radical (unpaired) electrons. The van der Waals surface area contributed by atoms with E-state index in [0.29, 0.717) is 12.1 Å². The fourth-order valence-electron chi connectivity index (χ4n) is 1.07. The molecular weight excluding hydrogens is 176 g/mol. The second-order valence-corrected chi connectivity index (χ2v) is 2.54. The molecule has 0 atom stereocenters. The molecule has 0 aliphatic carbocycles. The molecular formula is C9H11F2NO. The second kappa shape index (κ2) is 4.89. The average molecular weight is 187 g/mol. The molecule has 4 heteroatoms. The Hall–Kier alpha value is -1.00. The first-order chi connectivity index (χ1) is 6.29. The lowest BCUT2D eigenvalue weighted by atomic mass is 10.1. The Kier molecular flexibility index (Phi) is 3.79. The number of hydrogen-bond donors (Lipinski definition) is 1. The van der Waals surface area contributed by atoms with Gasteiger partial charge in [0.25, 0.3) is 0 Å². The van der Waals surface area contributed by atoms with Gasteiger partial charge in [0.15, 0.2) is 0 Å². The van der Waals surface area contributed by atoms with Crippen LogP contribution in [0.1, 0.15) is 11.1 Å². The lowest BCUT2D eigenvalue weighted by Crippen LogP contribution is -2.12. The zero-order valence-electron chi connectivity index (χ0n) is 7.31. The number of rotatable bonds is 4. The van der Waals surface area contributed by atoms with Crippen molar-refractivity contribution in [1.82, 2.24) is 5.48 Å². The molecule has 0 unspecified atom stereocenters. The van der Waals surface area contributed by atoms with Gasteiger partial charge < -0.3 is 4.84 Å². The van der Waals surface area contributed by atoms with Crippen molar-refractivity contribution >= 4 is 0 Å². The zero-order valence-corrected chi connectivity index (χ0v) is 7.31. The predicted molar refractivity (Wildman–Crippen MR) is 45.1 cm³/mol. The van der Waals surface area contributed by atoms with Crippen LogP contribution < -0.4 is 5.48 Å². The monoisotopic (exact) mass is 187 g/mol. The van der Waals surface area contributed by atoms with E-state index in [1.165, 1.54) is 13.2 Å². The van der Waals surface area contributed by atoms with Crippen LogP contribution in [0.2, 0.25) is 0 Å². The molecule has 0 saturated heterocycles. The first kappa shape index (κ1) is 10.1. The molecule has 72 valence electrons.